The van der Waals surface area contributed by atoms with Gasteiger partial charge in [-0.2, -0.15) is 4.98 Å². The van der Waals surface area contributed by atoms with Crippen molar-refractivity contribution >= 4 is 5.97 Å². The smallest absolute Gasteiger partial charge is 0.311 e. The lowest BCUT2D eigenvalue weighted by Gasteiger charge is -2.55. The van der Waals surface area contributed by atoms with E-state index in [4.69, 9.17) is 14.2 Å². The second-order valence-corrected chi connectivity index (χ2v) is 13.2. The van der Waals surface area contributed by atoms with Crippen molar-refractivity contribution in [3.8, 4) is 11.4 Å². The molecule has 2 aromatic heterocycles. The van der Waals surface area contributed by atoms with Crippen LogP contribution in [0.4, 0.5) is 0 Å². The van der Waals surface area contributed by atoms with Crippen LogP contribution in [0.15, 0.2) is 47.2 Å². The number of benzene rings is 1. The Hall–Kier alpha value is -3.10. The molecule has 40 heavy (non-hydrogen) atoms. The summed E-state index contributed by atoms with van der Waals surface area (Å²) in [6, 6.07) is 10.3. The fourth-order valence-corrected chi connectivity index (χ4v) is 7.69. The van der Waals surface area contributed by atoms with E-state index in [9.17, 15) is 9.90 Å². The van der Waals surface area contributed by atoms with Crippen molar-refractivity contribution in [2.75, 3.05) is 27.2 Å². The van der Waals surface area contributed by atoms with Crippen molar-refractivity contribution in [1.82, 2.24) is 20.0 Å². The van der Waals surface area contributed by atoms with Gasteiger partial charge < -0.3 is 19.3 Å². The first-order valence-corrected chi connectivity index (χ1v) is 14.4. The average Bonchev–Trinajstić information content (AvgIpc) is 3.48. The first-order chi connectivity index (χ1) is 19.0. The molecule has 2 bridgehead atoms. The number of hydrogen-bond donors (Lipinski definition) is 1. The zero-order chi connectivity index (χ0) is 28.3. The fraction of sp³-hybridized carbons (Fsp3) is 0.562. The van der Waals surface area contributed by atoms with E-state index < -0.39 is 5.60 Å². The van der Waals surface area contributed by atoms with Crippen molar-refractivity contribution in [3.63, 3.8) is 0 Å². The van der Waals surface area contributed by atoms with E-state index in [0.717, 1.165) is 62.7 Å². The predicted octanol–water partition coefficient (Wildman–Crippen LogP) is 5.21. The molecule has 1 aliphatic heterocycles. The number of methoxy groups -OCH3 is 1. The van der Waals surface area contributed by atoms with Gasteiger partial charge in [-0.15, -0.1) is 0 Å². The van der Waals surface area contributed by atoms with Gasteiger partial charge in [-0.3, -0.25) is 9.78 Å². The van der Waals surface area contributed by atoms with E-state index in [1.54, 1.807) is 12.4 Å². The number of aliphatic hydroxyl groups is 1. The molecule has 8 nitrogen and oxygen atoms in total. The molecule has 1 aromatic carbocycles. The highest BCUT2D eigenvalue weighted by Crippen LogP contribution is 2.58. The third-order valence-electron chi connectivity index (χ3n) is 10.3. The Balaban J connectivity index is 1.33. The third kappa shape index (κ3) is 4.02. The standard InChI is InChI=1S/C32H40N4O4/c1-21(2)22-6-8-24(9-7-22)32(38,29(3)19-36(4)20-29)25-16-23(17-33-18-25)26-34-27(40-35-26)30-10-13-31(14-11-30,15-12-30)28(37)39-5/h6-9,16-18,21,38H,10-15,19-20H2,1-5H3/t30?,31?,32-/m0/s1. The van der Waals surface area contributed by atoms with E-state index in [1.165, 1.54) is 12.7 Å². The molecule has 3 heterocycles. The van der Waals surface area contributed by atoms with Crippen LogP contribution in [-0.2, 0) is 20.5 Å². The Kier molecular flexibility index (Phi) is 6.42. The van der Waals surface area contributed by atoms with Gasteiger partial charge in [0, 0.05) is 47.4 Å². The molecule has 0 amide bonds. The Bertz CT molecular complexity index is 1380. The van der Waals surface area contributed by atoms with E-state index >= 15 is 0 Å². The van der Waals surface area contributed by atoms with E-state index in [0.29, 0.717) is 23.2 Å². The van der Waals surface area contributed by atoms with Gasteiger partial charge in [0.15, 0.2) is 0 Å². The van der Waals surface area contributed by atoms with Crippen molar-refractivity contribution in [2.24, 2.45) is 10.8 Å². The third-order valence-corrected chi connectivity index (χ3v) is 10.3. The number of likely N-dealkylation sites (tertiary alicyclic amines) is 1. The molecule has 1 atom stereocenters. The highest BCUT2D eigenvalue weighted by Gasteiger charge is 2.57. The predicted molar refractivity (Wildman–Crippen MR) is 150 cm³/mol. The number of nitrogens with zero attached hydrogens (tertiary/aromatic N) is 4. The molecule has 7 rings (SSSR count). The first-order valence-electron chi connectivity index (χ1n) is 14.4. The summed E-state index contributed by atoms with van der Waals surface area (Å²) in [5.74, 6) is 1.43. The van der Waals surface area contributed by atoms with Crippen LogP contribution in [0.5, 0.6) is 0 Å². The van der Waals surface area contributed by atoms with Crippen molar-refractivity contribution < 1.29 is 19.2 Å². The van der Waals surface area contributed by atoms with Gasteiger partial charge in [0.2, 0.25) is 11.7 Å². The zero-order valence-corrected chi connectivity index (χ0v) is 24.2. The van der Waals surface area contributed by atoms with Gasteiger partial charge in [0.1, 0.15) is 5.60 Å². The van der Waals surface area contributed by atoms with Crippen LogP contribution >= 0.6 is 0 Å². The maximum absolute atomic E-state index is 12.6. The largest absolute Gasteiger partial charge is 0.469 e. The highest BCUT2D eigenvalue weighted by atomic mass is 16.5. The van der Waals surface area contributed by atoms with Gasteiger partial charge in [-0.25, -0.2) is 0 Å². The molecular weight excluding hydrogens is 504 g/mol. The molecule has 4 aliphatic rings. The number of pyridine rings is 1. The fourth-order valence-electron chi connectivity index (χ4n) is 7.69. The molecule has 1 N–H and O–H groups in total. The number of hydrogen-bond acceptors (Lipinski definition) is 8. The molecule has 212 valence electrons. The van der Waals surface area contributed by atoms with Crippen LogP contribution in [0.2, 0.25) is 0 Å². The van der Waals surface area contributed by atoms with Gasteiger partial charge in [0.05, 0.1) is 12.5 Å². The molecule has 4 fully saturated rings. The average molecular weight is 545 g/mol. The second-order valence-electron chi connectivity index (χ2n) is 13.2. The number of aromatic nitrogens is 3. The van der Waals surface area contributed by atoms with Gasteiger partial charge >= 0.3 is 5.97 Å². The molecule has 0 radical (unpaired) electrons. The van der Waals surface area contributed by atoms with Crippen molar-refractivity contribution in [1.29, 1.82) is 0 Å². The summed E-state index contributed by atoms with van der Waals surface area (Å²) >= 11 is 0. The zero-order valence-electron chi connectivity index (χ0n) is 24.2. The van der Waals surface area contributed by atoms with Crippen LogP contribution in [0, 0.1) is 10.8 Å². The lowest BCUT2D eigenvalue weighted by atomic mass is 9.53. The number of rotatable bonds is 7. The lowest BCUT2D eigenvalue weighted by molar-refractivity contribution is -0.160. The number of fused-ring (bicyclic) bond motifs is 3. The van der Waals surface area contributed by atoms with E-state index in [1.807, 2.05) is 6.07 Å². The molecule has 0 spiro atoms. The van der Waals surface area contributed by atoms with Crippen molar-refractivity contribution in [2.45, 2.75) is 76.2 Å². The van der Waals surface area contributed by atoms with Crippen LogP contribution < -0.4 is 0 Å². The number of esters is 1. The minimum atomic E-state index is -1.24. The van der Waals surface area contributed by atoms with Crippen molar-refractivity contribution in [3.05, 3.63) is 65.3 Å². The SMILES string of the molecule is COC(=O)C12CCC(c3nc(-c4cncc([C@@](O)(c5ccc(C(C)C)cc5)C5(C)CN(C)C5)c4)no3)(CC1)CC2. The summed E-state index contributed by atoms with van der Waals surface area (Å²) in [4.78, 5) is 24.1. The Morgan fingerprint density at radius 1 is 1.05 bits per heavy atom. The monoisotopic (exact) mass is 544 g/mol. The lowest BCUT2D eigenvalue weighted by Crippen LogP contribution is -2.63. The van der Waals surface area contributed by atoms with Crippen LogP contribution in [0.1, 0.15) is 87.8 Å². The maximum Gasteiger partial charge on any atom is 0.311 e. The molecule has 3 aliphatic carbocycles. The second kappa shape index (κ2) is 9.48. The first kappa shape index (κ1) is 27.1. The molecule has 3 saturated carbocycles. The normalized spacial score (nSPS) is 27.3. The van der Waals surface area contributed by atoms with E-state index in [2.05, 4.69) is 67.1 Å². The Morgan fingerprint density at radius 3 is 2.27 bits per heavy atom. The maximum atomic E-state index is 12.6. The Labute approximate surface area is 236 Å². The molecule has 1 saturated heterocycles. The summed E-state index contributed by atoms with van der Waals surface area (Å²) < 4.78 is 11.0. The molecular formula is C32H40N4O4. The summed E-state index contributed by atoms with van der Waals surface area (Å²) in [6.07, 6.45) is 8.34. The molecule has 0 unspecified atom stereocenters. The minimum absolute atomic E-state index is 0.0902. The minimum Gasteiger partial charge on any atom is -0.469 e. The van der Waals surface area contributed by atoms with Gasteiger partial charge in [0.25, 0.3) is 0 Å². The molecule has 3 aromatic rings. The van der Waals surface area contributed by atoms with Crippen LogP contribution in [-0.4, -0.2) is 58.3 Å². The van der Waals surface area contributed by atoms with E-state index in [-0.39, 0.29) is 22.2 Å². The van der Waals surface area contributed by atoms with Crippen LogP contribution in [0.3, 0.4) is 0 Å². The number of carbonyl (C=O) groups is 1. The highest BCUT2D eigenvalue weighted by molar-refractivity contribution is 5.77. The summed E-state index contributed by atoms with van der Waals surface area (Å²) in [6.45, 7) is 8.02. The number of carbonyl (C=O) groups excluding carboxylic acids is 1. The van der Waals surface area contributed by atoms with Gasteiger partial charge in [-0.05, 0) is 68.7 Å². The quantitative estimate of drug-likeness (QED) is 0.405. The van der Waals surface area contributed by atoms with Crippen LogP contribution in [0.25, 0.3) is 11.4 Å². The Morgan fingerprint density at radius 2 is 1.70 bits per heavy atom. The summed E-state index contributed by atoms with van der Waals surface area (Å²) in [7, 11) is 3.55. The summed E-state index contributed by atoms with van der Waals surface area (Å²) in [5.41, 5.74) is 1.34. The van der Waals surface area contributed by atoms with Gasteiger partial charge in [-0.1, -0.05) is 50.2 Å². The number of ether oxygens (including phenoxy) is 1. The molecule has 8 heteroatoms. The summed E-state index contributed by atoms with van der Waals surface area (Å²) in [5, 5.41) is 16.9. The topological polar surface area (TPSA) is 102 Å².